The second-order valence-corrected chi connectivity index (χ2v) is 8.42. The summed E-state index contributed by atoms with van der Waals surface area (Å²) < 4.78 is 22.4. The van der Waals surface area contributed by atoms with Crippen LogP contribution in [0.1, 0.15) is 0 Å². The summed E-state index contributed by atoms with van der Waals surface area (Å²) in [6.07, 6.45) is -1.85. The van der Waals surface area contributed by atoms with Gasteiger partial charge in [-0.3, -0.25) is 15.5 Å². The van der Waals surface area contributed by atoms with Gasteiger partial charge in [-0.05, 0) is 42.5 Å². The first-order valence-corrected chi connectivity index (χ1v) is 11.5. The zero-order chi connectivity index (χ0) is 26.1. The number of nitrogens with two attached hydrogens (primary N) is 1. The summed E-state index contributed by atoms with van der Waals surface area (Å²) in [4.78, 5) is 42.6. The molecule has 1 atom stereocenters. The number of anilines is 2. The Morgan fingerprint density at radius 3 is 1.92 bits per heavy atom. The highest BCUT2D eigenvalue weighted by Crippen LogP contribution is 2.36. The summed E-state index contributed by atoms with van der Waals surface area (Å²) in [7, 11) is 0.657. The van der Waals surface area contributed by atoms with E-state index in [1.165, 1.54) is 17.0 Å². The lowest BCUT2D eigenvalue weighted by Gasteiger charge is -2.23. The molecule has 0 saturated heterocycles. The molecule has 0 spiro atoms. The zero-order valence-electron chi connectivity index (χ0n) is 19.3. The third-order valence-corrected chi connectivity index (χ3v) is 6.02. The van der Waals surface area contributed by atoms with Crippen LogP contribution in [0.3, 0.4) is 0 Å². The highest BCUT2D eigenvalue weighted by Gasteiger charge is 2.21. The van der Waals surface area contributed by atoms with Crippen LogP contribution in [-0.2, 0) is 20.3 Å². The average molecular weight is 510 g/mol. The van der Waals surface area contributed by atoms with E-state index in [9.17, 15) is 18.6 Å². The quantitative estimate of drug-likeness (QED) is 0.352. The van der Waals surface area contributed by atoms with Gasteiger partial charge in [0.25, 0.3) is 0 Å². The Morgan fingerprint density at radius 1 is 0.833 bits per heavy atom. The van der Waals surface area contributed by atoms with Crippen molar-refractivity contribution in [3.63, 3.8) is 0 Å². The van der Waals surface area contributed by atoms with Crippen LogP contribution in [0.5, 0.6) is 0 Å². The van der Waals surface area contributed by atoms with E-state index in [1.54, 1.807) is 66.7 Å². The lowest BCUT2D eigenvalue weighted by molar-refractivity contribution is 0.173. The molecule has 0 aromatic heterocycles. The fourth-order valence-corrected chi connectivity index (χ4v) is 4.13. The summed E-state index contributed by atoms with van der Waals surface area (Å²) in [6.45, 7) is 0. The van der Waals surface area contributed by atoms with Crippen molar-refractivity contribution in [1.82, 2.24) is 10.6 Å². The summed E-state index contributed by atoms with van der Waals surface area (Å²) in [6, 6.07) is 21.0. The predicted molar refractivity (Wildman–Crippen MR) is 134 cm³/mol. The van der Waals surface area contributed by atoms with Crippen molar-refractivity contribution in [2.24, 2.45) is 10.7 Å². The van der Waals surface area contributed by atoms with Crippen LogP contribution in [0.2, 0.25) is 0 Å². The molecule has 0 bridgehead atoms. The lowest BCUT2D eigenvalue weighted by atomic mass is 10.2. The van der Waals surface area contributed by atoms with Crippen LogP contribution in [0, 0.1) is 0 Å². The minimum absolute atomic E-state index is 0.0576. The Labute approximate surface area is 209 Å². The molecule has 36 heavy (non-hydrogen) atoms. The van der Waals surface area contributed by atoms with Crippen LogP contribution in [-0.4, -0.2) is 42.6 Å². The average Bonchev–Trinajstić information content (AvgIpc) is 2.89. The van der Waals surface area contributed by atoms with Crippen molar-refractivity contribution in [3.05, 3.63) is 78.9 Å². The summed E-state index contributed by atoms with van der Waals surface area (Å²) in [5.41, 5.74) is 6.38. The minimum Gasteiger partial charge on any atom is -0.453 e. The molecule has 0 saturated carbocycles. The molecular formula is C24H23N5O6S. The highest BCUT2D eigenvalue weighted by atomic mass is 32.2. The van der Waals surface area contributed by atoms with Gasteiger partial charge in [-0.15, -0.1) is 0 Å². The molecule has 0 aliphatic rings. The highest BCUT2D eigenvalue weighted by molar-refractivity contribution is 7.85. The molecule has 0 fully saturated rings. The number of para-hydroxylation sites is 1. The molecule has 4 N–H and O–H groups in total. The van der Waals surface area contributed by atoms with E-state index in [0.717, 1.165) is 14.2 Å². The fraction of sp³-hybridized carbons (Fsp3) is 0.0833. The zero-order valence-corrected chi connectivity index (χ0v) is 20.2. The summed E-state index contributed by atoms with van der Waals surface area (Å²) in [5, 5.41) is 4.52. The first kappa shape index (κ1) is 25.9. The number of urea groups is 1. The molecule has 3 rings (SSSR count). The van der Waals surface area contributed by atoms with Crippen molar-refractivity contribution in [2.45, 2.75) is 9.79 Å². The maximum absolute atomic E-state index is 13.2. The van der Waals surface area contributed by atoms with Crippen molar-refractivity contribution >= 4 is 52.0 Å². The SMILES string of the molecule is COC(=O)NC(=Nc1cc(S(=O)c2ccccc2)ccc1N(C(N)=O)c1ccccc1)NC(=O)OC. The molecule has 1 unspecified atom stereocenters. The van der Waals surface area contributed by atoms with E-state index < -0.39 is 29.0 Å². The number of nitrogens with one attached hydrogen (secondary N) is 2. The van der Waals surface area contributed by atoms with E-state index >= 15 is 0 Å². The van der Waals surface area contributed by atoms with Crippen LogP contribution in [0.25, 0.3) is 0 Å². The minimum atomic E-state index is -1.60. The molecule has 3 aromatic carbocycles. The van der Waals surface area contributed by atoms with Gasteiger partial charge in [-0.25, -0.2) is 23.6 Å². The third kappa shape index (κ3) is 6.45. The predicted octanol–water partition coefficient (Wildman–Crippen LogP) is 3.77. The Balaban J connectivity index is 2.20. The molecule has 3 aromatic rings. The largest absolute Gasteiger partial charge is 0.453 e. The van der Waals surface area contributed by atoms with E-state index in [-0.39, 0.29) is 17.3 Å². The number of methoxy groups -OCH3 is 2. The number of alkyl carbamates (subject to hydrolysis) is 2. The topological polar surface area (TPSA) is 152 Å². The van der Waals surface area contributed by atoms with Gasteiger partial charge in [-0.2, -0.15) is 0 Å². The van der Waals surface area contributed by atoms with Gasteiger partial charge in [-0.1, -0.05) is 36.4 Å². The third-order valence-electron chi connectivity index (χ3n) is 4.64. The maximum atomic E-state index is 13.2. The van der Waals surface area contributed by atoms with Gasteiger partial charge < -0.3 is 15.2 Å². The first-order valence-electron chi connectivity index (χ1n) is 10.4. The molecule has 186 valence electrons. The van der Waals surface area contributed by atoms with E-state index in [1.807, 2.05) is 0 Å². The number of guanidine groups is 1. The molecule has 0 aliphatic heterocycles. The number of aliphatic imine (C=N–C) groups is 1. The number of primary amides is 1. The van der Waals surface area contributed by atoms with Gasteiger partial charge >= 0.3 is 18.2 Å². The Kier molecular flexibility index (Phi) is 8.73. The van der Waals surface area contributed by atoms with Crippen LogP contribution in [0.4, 0.5) is 31.4 Å². The van der Waals surface area contributed by atoms with Gasteiger partial charge in [0.2, 0.25) is 5.96 Å². The second-order valence-electron chi connectivity index (χ2n) is 6.94. The fourth-order valence-electron chi connectivity index (χ4n) is 3.04. The number of benzene rings is 3. The van der Waals surface area contributed by atoms with E-state index in [0.29, 0.717) is 15.5 Å². The van der Waals surface area contributed by atoms with Crippen molar-refractivity contribution in [1.29, 1.82) is 0 Å². The molecule has 0 radical (unpaired) electrons. The van der Waals surface area contributed by atoms with Crippen molar-refractivity contribution in [2.75, 3.05) is 19.1 Å². The Hall–Kier alpha value is -4.71. The molecule has 4 amide bonds. The molecule has 0 aliphatic carbocycles. The summed E-state index contributed by atoms with van der Waals surface area (Å²) >= 11 is 0. The smallest absolute Gasteiger partial charge is 0.413 e. The van der Waals surface area contributed by atoms with Crippen LogP contribution >= 0.6 is 0 Å². The van der Waals surface area contributed by atoms with Gasteiger partial charge in [0.15, 0.2) is 0 Å². The number of carbonyl (C=O) groups is 3. The van der Waals surface area contributed by atoms with Crippen molar-refractivity contribution in [3.8, 4) is 0 Å². The standard InChI is InChI=1S/C24H23N5O6S/c1-34-23(31)27-22(28-24(32)35-2)26-19-15-18(36(33)17-11-7-4-8-12-17)13-14-20(19)29(21(25)30)16-9-5-3-6-10-16/h3-15H,1-2H3,(H2,25,30)(H2,26,27,28,31,32). The number of nitrogens with zero attached hydrogens (tertiary/aromatic N) is 2. The second kappa shape index (κ2) is 12.1. The number of hydrogen-bond donors (Lipinski definition) is 3. The maximum Gasteiger partial charge on any atom is 0.413 e. The van der Waals surface area contributed by atoms with Gasteiger partial charge in [0.05, 0.1) is 42.1 Å². The lowest BCUT2D eigenvalue weighted by Crippen LogP contribution is -2.43. The number of amides is 4. The van der Waals surface area contributed by atoms with Gasteiger partial charge in [0, 0.05) is 9.79 Å². The Morgan fingerprint density at radius 2 is 1.39 bits per heavy atom. The Bertz CT molecular complexity index is 1280. The molecule has 12 heteroatoms. The first-order chi connectivity index (χ1) is 17.3. The number of hydrogen-bond acceptors (Lipinski definition) is 7. The monoisotopic (exact) mass is 509 g/mol. The van der Waals surface area contributed by atoms with Gasteiger partial charge in [0.1, 0.15) is 0 Å². The van der Waals surface area contributed by atoms with Crippen molar-refractivity contribution < 1.29 is 28.1 Å². The molecular weight excluding hydrogens is 486 g/mol. The molecule has 0 heterocycles. The van der Waals surface area contributed by atoms with E-state index in [2.05, 4.69) is 25.1 Å². The summed E-state index contributed by atoms with van der Waals surface area (Å²) in [5.74, 6) is -0.366. The van der Waals surface area contributed by atoms with E-state index in [4.69, 9.17) is 5.73 Å². The number of ether oxygens (including phenoxy) is 2. The van der Waals surface area contributed by atoms with Crippen LogP contribution < -0.4 is 21.3 Å². The number of carbonyl (C=O) groups excluding carboxylic acids is 3. The molecule has 11 nitrogen and oxygen atoms in total. The number of rotatable bonds is 5. The van der Waals surface area contributed by atoms with Crippen LogP contribution in [0.15, 0.2) is 93.6 Å². The normalized spacial score (nSPS) is 10.9.